The van der Waals surface area contributed by atoms with Gasteiger partial charge in [0.1, 0.15) is 4.90 Å². The van der Waals surface area contributed by atoms with E-state index in [0.717, 1.165) is 38.4 Å². The molecule has 1 N–H and O–H groups in total. The second-order valence-corrected chi connectivity index (χ2v) is 8.87. The van der Waals surface area contributed by atoms with Gasteiger partial charge in [-0.3, -0.25) is 9.40 Å². The highest BCUT2D eigenvalue weighted by atomic mass is 35.5. The van der Waals surface area contributed by atoms with Gasteiger partial charge in [-0.2, -0.15) is 5.10 Å². The predicted molar refractivity (Wildman–Crippen MR) is 109 cm³/mol. The third kappa shape index (κ3) is 4.07. The maximum atomic E-state index is 13.1. The fourth-order valence-electron chi connectivity index (χ4n) is 3.51. The van der Waals surface area contributed by atoms with Crippen molar-refractivity contribution in [3.8, 4) is 0 Å². The summed E-state index contributed by atoms with van der Waals surface area (Å²) in [7, 11) is -2.04. The Balaban J connectivity index is 1.94. The number of sulfonamides is 1. The van der Waals surface area contributed by atoms with E-state index in [0.29, 0.717) is 22.1 Å². The first-order valence-electron chi connectivity index (χ1n) is 9.02. The first-order valence-corrected chi connectivity index (χ1v) is 10.9. The van der Waals surface area contributed by atoms with Gasteiger partial charge in [-0.05, 0) is 38.6 Å². The van der Waals surface area contributed by atoms with E-state index in [1.54, 1.807) is 37.7 Å². The second-order valence-electron chi connectivity index (χ2n) is 6.81. The van der Waals surface area contributed by atoms with Crippen LogP contribution < -0.4 is 9.62 Å². The lowest BCUT2D eigenvalue weighted by Gasteiger charge is -2.36. The minimum Gasteiger partial charge on any atom is -0.367 e. The number of hydrogen-bond donors (Lipinski definition) is 1. The van der Waals surface area contributed by atoms with Gasteiger partial charge in [-0.15, -0.1) is 0 Å². The van der Waals surface area contributed by atoms with Gasteiger partial charge in [-0.25, -0.2) is 8.42 Å². The molecule has 0 spiro atoms. The molecule has 0 unspecified atom stereocenters. The summed E-state index contributed by atoms with van der Waals surface area (Å²) in [6.45, 7) is 10.2. The zero-order valence-electron chi connectivity index (χ0n) is 16.2. The average Bonchev–Trinajstić information content (AvgIpc) is 2.87. The Labute approximate surface area is 166 Å². The Hall–Kier alpha value is -1.77. The Morgan fingerprint density at radius 3 is 2.41 bits per heavy atom. The number of aromatic nitrogens is 2. The molecule has 1 saturated heterocycles. The third-order valence-electron chi connectivity index (χ3n) is 5.07. The number of halogens is 1. The summed E-state index contributed by atoms with van der Waals surface area (Å²) in [5.41, 5.74) is 2.41. The Morgan fingerprint density at radius 2 is 1.85 bits per heavy atom. The van der Waals surface area contributed by atoms with E-state index in [-0.39, 0.29) is 4.90 Å². The predicted octanol–water partition coefficient (Wildman–Crippen LogP) is 2.63. The van der Waals surface area contributed by atoms with E-state index in [9.17, 15) is 8.42 Å². The van der Waals surface area contributed by atoms with Crippen molar-refractivity contribution in [1.82, 2.24) is 14.7 Å². The SMILES string of the molecule is CCN1CCN(c2ccc(Cl)cc2NS(=O)(=O)c2c(C)nn(C)c2C)CC1. The van der Waals surface area contributed by atoms with Gasteiger partial charge in [0, 0.05) is 38.2 Å². The number of nitrogens with zero attached hydrogens (tertiary/aromatic N) is 4. The normalized spacial score (nSPS) is 16.0. The van der Waals surface area contributed by atoms with E-state index in [2.05, 4.69) is 26.5 Å². The number of benzene rings is 1. The maximum Gasteiger partial charge on any atom is 0.265 e. The Bertz CT molecular complexity index is 933. The third-order valence-corrected chi connectivity index (χ3v) is 6.93. The van der Waals surface area contributed by atoms with Crippen LogP contribution in [0.4, 0.5) is 11.4 Å². The van der Waals surface area contributed by atoms with Crippen LogP contribution in [0.1, 0.15) is 18.3 Å². The molecular weight excluding hydrogens is 386 g/mol. The summed E-state index contributed by atoms with van der Waals surface area (Å²) < 4.78 is 30.5. The van der Waals surface area contributed by atoms with Gasteiger partial charge >= 0.3 is 0 Å². The zero-order chi connectivity index (χ0) is 19.8. The van der Waals surface area contributed by atoms with Gasteiger partial charge < -0.3 is 9.80 Å². The van der Waals surface area contributed by atoms with Crippen LogP contribution in [0, 0.1) is 13.8 Å². The molecule has 2 heterocycles. The van der Waals surface area contributed by atoms with Crippen LogP contribution in [0.25, 0.3) is 0 Å². The number of hydrogen-bond acceptors (Lipinski definition) is 5. The van der Waals surface area contributed by atoms with Gasteiger partial charge in [-0.1, -0.05) is 18.5 Å². The monoisotopic (exact) mass is 411 g/mol. The van der Waals surface area contributed by atoms with Gasteiger partial charge in [0.15, 0.2) is 0 Å². The first-order chi connectivity index (χ1) is 12.7. The molecule has 7 nitrogen and oxygen atoms in total. The summed E-state index contributed by atoms with van der Waals surface area (Å²) in [5.74, 6) is 0. The summed E-state index contributed by atoms with van der Waals surface area (Å²) in [6.07, 6.45) is 0. The van der Waals surface area contributed by atoms with Crippen LogP contribution in [0.15, 0.2) is 23.1 Å². The van der Waals surface area contributed by atoms with Gasteiger partial charge in [0.05, 0.1) is 22.8 Å². The van der Waals surface area contributed by atoms with Crippen molar-refractivity contribution < 1.29 is 8.42 Å². The summed E-state index contributed by atoms with van der Waals surface area (Å²) in [4.78, 5) is 4.79. The molecule has 1 aromatic carbocycles. The van der Waals surface area contributed by atoms with Crippen LogP contribution in [0.5, 0.6) is 0 Å². The quantitative estimate of drug-likeness (QED) is 0.818. The number of likely N-dealkylation sites (N-methyl/N-ethyl adjacent to an activating group) is 1. The van der Waals surface area contributed by atoms with Crippen molar-refractivity contribution in [2.75, 3.05) is 42.3 Å². The molecule has 0 radical (unpaired) electrons. The largest absolute Gasteiger partial charge is 0.367 e. The van der Waals surface area contributed by atoms with Crippen LogP contribution in [0.2, 0.25) is 5.02 Å². The Kier molecular flexibility index (Phi) is 5.69. The fraction of sp³-hybridized carbons (Fsp3) is 0.500. The average molecular weight is 412 g/mol. The standard InChI is InChI=1S/C18H26ClN5O2S/c1-5-23-8-10-24(11-9-23)17-7-6-15(19)12-16(17)21-27(25,26)18-13(2)20-22(4)14(18)3/h6-7,12,21H,5,8-11H2,1-4H3. The topological polar surface area (TPSA) is 70.5 Å². The molecule has 148 valence electrons. The smallest absolute Gasteiger partial charge is 0.265 e. The molecule has 9 heteroatoms. The highest BCUT2D eigenvalue weighted by Crippen LogP contribution is 2.32. The molecule has 0 saturated carbocycles. The van der Waals surface area contributed by atoms with Crippen molar-refractivity contribution in [2.24, 2.45) is 7.05 Å². The fourth-order valence-corrected chi connectivity index (χ4v) is 5.19. The van der Waals surface area contributed by atoms with Crippen molar-refractivity contribution >= 4 is 33.0 Å². The summed E-state index contributed by atoms with van der Waals surface area (Å²) in [5, 5.41) is 4.71. The number of piperazine rings is 1. The van der Waals surface area contributed by atoms with Crippen molar-refractivity contribution in [3.63, 3.8) is 0 Å². The van der Waals surface area contributed by atoms with Crippen LogP contribution >= 0.6 is 11.6 Å². The molecule has 27 heavy (non-hydrogen) atoms. The van der Waals surface area contributed by atoms with E-state index < -0.39 is 10.0 Å². The highest BCUT2D eigenvalue weighted by Gasteiger charge is 2.26. The number of nitrogens with one attached hydrogen (secondary N) is 1. The molecule has 2 aromatic rings. The molecule has 1 aliphatic heterocycles. The maximum absolute atomic E-state index is 13.1. The molecule has 0 amide bonds. The van der Waals surface area contributed by atoms with E-state index in [4.69, 9.17) is 11.6 Å². The minimum atomic E-state index is -3.78. The second kappa shape index (κ2) is 7.69. The molecule has 3 rings (SSSR count). The van der Waals surface area contributed by atoms with E-state index in [1.807, 2.05) is 6.07 Å². The van der Waals surface area contributed by atoms with Crippen LogP contribution in [-0.4, -0.2) is 55.8 Å². The van der Waals surface area contributed by atoms with E-state index >= 15 is 0 Å². The minimum absolute atomic E-state index is 0.215. The lowest BCUT2D eigenvalue weighted by atomic mass is 10.2. The number of anilines is 2. The van der Waals surface area contributed by atoms with Crippen molar-refractivity contribution in [2.45, 2.75) is 25.7 Å². The molecule has 0 atom stereocenters. The van der Waals surface area contributed by atoms with Crippen molar-refractivity contribution in [3.05, 3.63) is 34.6 Å². The highest BCUT2D eigenvalue weighted by molar-refractivity contribution is 7.92. The zero-order valence-corrected chi connectivity index (χ0v) is 17.7. The molecule has 1 aliphatic rings. The molecule has 1 fully saturated rings. The Morgan fingerprint density at radius 1 is 1.19 bits per heavy atom. The first kappa shape index (κ1) is 20.0. The number of rotatable bonds is 5. The summed E-state index contributed by atoms with van der Waals surface area (Å²) >= 11 is 6.16. The van der Waals surface area contributed by atoms with Gasteiger partial charge in [0.25, 0.3) is 10.0 Å². The summed E-state index contributed by atoms with van der Waals surface area (Å²) in [6, 6.07) is 5.34. The molecule has 0 aliphatic carbocycles. The molecule has 0 bridgehead atoms. The molecule has 1 aromatic heterocycles. The van der Waals surface area contributed by atoms with Crippen LogP contribution in [-0.2, 0) is 17.1 Å². The van der Waals surface area contributed by atoms with Crippen LogP contribution in [0.3, 0.4) is 0 Å². The number of aryl methyl sites for hydroxylation is 2. The molecular formula is C18H26ClN5O2S. The lowest BCUT2D eigenvalue weighted by molar-refractivity contribution is 0.271. The lowest BCUT2D eigenvalue weighted by Crippen LogP contribution is -2.46. The van der Waals surface area contributed by atoms with Crippen molar-refractivity contribution in [1.29, 1.82) is 0 Å². The van der Waals surface area contributed by atoms with Gasteiger partial charge in [0.2, 0.25) is 0 Å². The van der Waals surface area contributed by atoms with E-state index in [1.165, 1.54) is 0 Å².